The highest BCUT2D eigenvalue weighted by Crippen LogP contribution is 2.45. The first-order chi connectivity index (χ1) is 19.3. The van der Waals surface area contributed by atoms with Crippen molar-refractivity contribution in [3.05, 3.63) is 119 Å². The van der Waals surface area contributed by atoms with E-state index in [1.54, 1.807) is 23.7 Å². The van der Waals surface area contributed by atoms with Gasteiger partial charge in [-0.15, -0.1) is 0 Å². The maximum absolute atomic E-state index is 13.6. The lowest BCUT2D eigenvalue weighted by atomic mass is 9.96. The summed E-state index contributed by atoms with van der Waals surface area (Å²) >= 11 is 0. The van der Waals surface area contributed by atoms with Gasteiger partial charge < -0.3 is 10.6 Å². The van der Waals surface area contributed by atoms with Gasteiger partial charge in [-0.05, 0) is 97.5 Å². The Hall–Kier alpha value is -4.78. The number of fused-ring (bicyclic) bond motifs is 1. The summed E-state index contributed by atoms with van der Waals surface area (Å²) in [6.07, 6.45) is 1.83. The molecule has 7 heteroatoms. The molecule has 2 N–H and O–H groups in total. The van der Waals surface area contributed by atoms with Crippen LogP contribution in [0.5, 0.6) is 0 Å². The van der Waals surface area contributed by atoms with Crippen LogP contribution in [0.4, 0.5) is 4.39 Å². The highest BCUT2D eigenvalue weighted by atomic mass is 19.1. The van der Waals surface area contributed by atoms with Crippen LogP contribution in [0, 0.1) is 19.7 Å². The monoisotopic (exact) mass is 532 g/mol. The average molecular weight is 533 g/mol. The van der Waals surface area contributed by atoms with Crippen LogP contribution < -0.4 is 10.6 Å². The SMILES string of the molecule is CNC(=O)c1c(-c2ccc(F)cc2)nn2c(C)cc(-c3cc(C(=O)NC4(c5ccccc5)CC4)ccc3C)cc12. The summed E-state index contributed by atoms with van der Waals surface area (Å²) in [5, 5.41) is 10.7. The summed E-state index contributed by atoms with van der Waals surface area (Å²) in [5.41, 5.74) is 7.14. The van der Waals surface area contributed by atoms with Crippen molar-refractivity contribution in [3.63, 3.8) is 0 Å². The molecule has 0 saturated heterocycles. The molecule has 0 spiro atoms. The topological polar surface area (TPSA) is 75.5 Å². The lowest BCUT2D eigenvalue weighted by molar-refractivity contribution is 0.0929. The molecule has 0 radical (unpaired) electrons. The predicted molar refractivity (Wildman–Crippen MR) is 154 cm³/mol. The summed E-state index contributed by atoms with van der Waals surface area (Å²) in [5.74, 6) is -0.760. The Morgan fingerprint density at radius 3 is 2.27 bits per heavy atom. The zero-order valence-electron chi connectivity index (χ0n) is 22.6. The maximum atomic E-state index is 13.6. The average Bonchev–Trinajstić information content (AvgIpc) is 3.64. The summed E-state index contributed by atoms with van der Waals surface area (Å²) in [4.78, 5) is 26.5. The van der Waals surface area contributed by atoms with Gasteiger partial charge in [-0.2, -0.15) is 5.10 Å². The minimum absolute atomic E-state index is 0.116. The summed E-state index contributed by atoms with van der Waals surface area (Å²) < 4.78 is 15.3. The van der Waals surface area contributed by atoms with Crippen molar-refractivity contribution < 1.29 is 14.0 Å². The molecule has 1 aliphatic rings. The lowest BCUT2D eigenvalue weighted by Crippen LogP contribution is -2.34. The van der Waals surface area contributed by atoms with E-state index in [-0.39, 0.29) is 23.2 Å². The van der Waals surface area contributed by atoms with E-state index in [2.05, 4.69) is 22.8 Å². The van der Waals surface area contributed by atoms with E-state index in [1.807, 2.05) is 62.4 Å². The van der Waals surface area contributed by atoms with E-state index in [9.17, 15) is 14.0 Å². The molecule has 0 aliphatic heterocycles. The molecule has 2 amide bonds. The Bertz CT molecular complexity index is 1770. The molecule has 0 unspecified atom stereocenters. The van der Waals surface area contributed by atoms with Gasteiger partial charge in [-0.3, -0.25) is 9.59 Å². The molecule has 2 heterocycles. The van der Waals surface area contributed by atoms with Gasteiger partial charge in [-0.1, -0.05) is 36.4 Å². The number of aromatic nitrogens is 2. The second kappa shape index (κ2) is 9.75. The number of halogens is 1. The van der Waals surface area contributed by atoms with Crippen molar-refractivity contribution >= 4 is 17.3 Å². The third-order valence-corrected chi connectivity index (χ3v) is 7.72. The van der Waals surface area contributed by atoms with Gasteiger partial charge in [0.05, 0.1) is 16.6 Å². The van der Waals surface area contributed by atoms with Gasteiger partial charge in [0.2, 0.25) is 0 Å². The number of benzene rings is 3. The second-order valence-electron chi connectivity index (χ2n) is 10.4. The molecule has 40 heavy (non-hydrogen) atoms. The number of hydrogen-bond donors (Lipinski definition) is 2. The van der Waals surface area contributed by atoms with Crippen LogP contribution in [0.3, 0.4) is 0 Å². The van der Waals surface area contributed by atoms with Crippen molar-refractivity contribution in [2.45, 2.75) is 32.2 Å². The zero-order valence-corrected chi connectivity index (χ0v) is 22.6. The van der Waals surface area contributed by atoms with Gasteiger partial charge in [0.1, 0.15) is 11.5 Å². The normalized spacial score (nSPS) is 13.7. The molecular formula is C33H29FN4O2. The first-order valence-corrected chi connectivity index (χ1v) is 13.3. The summed E-state index contributed by atoms with van der Waals surface area (Å²) in [7, 11) is 1.57. The van der Waals surface area contributed by atoms with Gasteiger partial charge in [0.25, 0.3) is 11.8 Å². The molecule has 1 aliphatic carbocycles. The summed E-state index contributed by atoms with van der Waals surface area (Å²) in [6, 6.07) is 25.7. The first-order valence-electron chi connectivity index (χ1n) is 13.3. The fourth-order valence-electron chi connectivity index (χ4n) is 5.35. The minimum Gasteiger partial charge on any atom is -0.355 e. The number of amides is 2. The molecule has 1 saturated carbocycles. The van der Waals surface area contributed by atoms with Crippen LogP contribution in [-0.2, 0) is 5.54 Å². The molecule has 0 bridgehead atoms. The molecule has 2 aromatic heterocycles. The largest absolute Gasteiger partial charge is 0.355 e. The number of nitrogens with zero attached hydrogens (tertiary/aromatic N) is 2. The maximum Gasteiger partial charge on any atom is 0.255 e. The molecule has 200 valence electrons. The highest BCUT2D eigenvalue weighted by Gasteiger charge is 2.45. The van der Waals surface area contributed by atoms with Gasteiger partial charge in [0.15, 0.2) is 0 Å². The molecule has 5 aromatic rings. The smallest absolute Gasteiger partial charge is 0.255 e. The van der Waals surface area contributed by atoms with E-state index in [0.29, 0.717) is 27.9 Å². The fourth-order valence-corrected chi connectivity index (χ4v) is 5.35. The Balaban J connectivity index is 1.42. The second-order valence-corrected chi connectivity index (χ2v) is 10.4. The molecule has 0 atom stereocenters. The number of nitrogens with one attached hydrogen (secondary N) is 2. The van der Waals surface area contributed by atoms with Crippen LogP contribution in [0.15, 0.2) is 84.9 Å². The molecule has 3 aromatic carbocycles. The van der Waals surface area contributed by atoms with E-state index >= 15 is 0 Å². The number of hydrogen-bond acceptors (Lipinski definition) is 3. The van der Waals surface area contributed by atoms with Crippen LogP contribution in [0.1, 0.15) is 50.4 Å². The van der Waals surface area contributed by atoms with Gasteiger partial charge in [0, 0.05) is 23.9 Å². The van der Waals surface area contributed by atoms with E-state index in [4.69, 9.17) is 5.10 Å². The quantitative estimate of drug-likeness (QED) is 0.273. The van der Waals surface area contributed by atoms with E-state index in [0.717, 1.165) is 40.8 Å². The third kappa shape index (κ3) is 4.43. The van der Waals surface area contributed by atoms with Crippen molar-refractivity contribution in [2.24, 2.45) is 0 Å². The number of rotatable bonds is 6. The Kier molecular flexibility index (Phi) is 6.22. The number of carbonyl (C=O) groups excluding carboxylic acids is 2. The third-order valence-electron chi connectivity index (χ3n) is 7.72. The van der Waals surface area contributed by atoms with Crippen molar-refractivity contribution in [3.8, 4) is 22.4 Å². The van der Waals surface area contributed by atoms with Gasteiger partial charge >= 0.3 is 0 Å². The molecule has 6 rings (SSSR count). The van der Waals surface area contributed by atoms with Crippen LogP contribution in [0.25, 0.3) is 27.9 Å². The zero-order chi connectivity index (χ0) is 28.0. The molecular weight excluding hydrogens is 503 g/mol. The lowest BCUT2D eigenvalue weighted by Gasteiger charge is -2.19. The van der Waals surface area contributed by atoms with E-state index < -0.39 is 0 Å². The number of carbonyl (C=O) groups is 2. The Morgan fingerprint density at radius 2 is 1.60 bits per heavy atom. The standard InChI is InChI=1S/C33H29FN4O2/c1-20-9-10-23(31(39)36-33(15-16-33)25-7-5-4-6-8-25)18-27(20)24-17-21(2)38-28(19-24)29(32(40)35-3)30(37-38)22-11-13-26(34)14-12-22/h4-14,17-19H,15-16H2,1-3H3,(H,35,40)(H,36,39). The highest BCUT2D eigenvalue weighted by molar-refractivity contribution is 6.07. The minimum atomic E-state index is -0.358. The first kappa shape index (κ1) is 25.5. The molecule has 6 nitrogen and oxygen atoms in total. The Labute approximate surface area is 231 Å². The van der Waals surface area contributed by atoms with Crippen LogP contribution in [0.2, 0.25) is 0 Å². The van der Waals surface area contributed by atoms with Crippen molar-refractivity contribution in [1.29, 1.82) is 0 Å². The van der Waals surface area contributed by atoms with Crippen LogP contribution in [-0.4, -0.2) is 28.5 Å². The number of pyridine rings is 1. The number of aryl methyl sites for hydroxylation is 2. The molecule has 1 fully saturated rings. The van der Waals surface area contributed by atoms with Crippen molar-refractivity contribution in [2.75, 3.05) is 7.05 Å². The predicted octanol–water partition coefficient (Wildman–Crippen LogP) is 6.20. The Morgan fingerprint density at radius 1 is 0.875 bits per heavy atom. The van der Waals surface area contributed by atoms with E-state index in [1.165, 1.54) is 12.1 Å². The summed E-state index contributed by atoms with van der Waals surface area (Å²) in [6.45, 7) is 3.93. The van der Waals surface area contributed by atoms with Gasteiger partial charge in [-0.25, -0.2) is 8.91 Å². The fraction of sp³-hybridized carbons (Fsp3) is 0.182. The van der Waals surface area contributed by atoms with Crippen LogP contribution >= 0.6 is 0 Å². The van der Waals surface area contributed by atoms with Crippen molar-refractivity contribution in [1.82, 2.24) is 20.2 Å².